The van der Waals surface area contributed by atoms with Gasteiger partial charge in [-0.25, -0.2) is 9.18 Å². The van der Waals surface area contributed by atoms with Gasteiger partial charge in [0.1, 0.15) is 11.6 Å². The predicted molar refractivity (Wildman–Crippen MR) is 129 cm³/mol. The Morgan fingerprint density at radius 3 is 2.70 bits per heavy atom. The Balaban J connectivity index is 1.58. The summed E-state index contributed by atoms with van der Waals surface area (Å²) in [7, 11) is 1.57. The lowest BCUT2D eigenvalue weighted by Gasteiger charge is -2.36. The molecule has 1 aliphatic heterocycles. The van der Waals surface area contributed by atoms with Crippen molar-refractivity contribution in [3.8, 4) is 5.75 Å². The number of benzene rings is 3. The first-order valence-electron chi connectivity index (χ1n) is 10.7. The zero-order chi connectivity index (χ0) is 23.1. The van der Waals surface area contributed by atoms with Gasteiger partial charge in [-0.3, -0.25) is 0 Å². The first kappa shape index (κ1) is 21.3. The van der Waals surface area contributed by atoms with Crippen LogP contribution in [0.4, 0.5) is 14.9 Å². The van der Waals surface area contributed by atoms with Crippen LogP contribution in [0, 0.1) is 12.7 Å². The number of carbonyl (C=O) groups excluding carboxylic acids is 1. The van der Waals surface area contributed by atoms with Crippen LogP contribution in [0.15, 0.2) is 60.7 Å². The Bertz CT molecular complexity index is 1350. The number of H-pyrrole nitrogens is 1. The van der Waals surface area contributed by atoms with Crippen molar-refractivity contribution < 1.29 is 13.9 Å². The summed E-state index contributed by atoms with van der Waals surface area (Å²) in [6, 6.07) is 17.0. The molecule has 2 N–H and O–H groups in total. The molecule has 3 aromatic carbocycles. The van der Waals surface area contributed by atoms with Crippen LogP contribution in [-0.2, 0) is 6.42 Å². The number of methoxy groups -OCH3 is 1. The average Bonchev–Trinajstić information content (AvgIpc) is 3.17. The summed E-state index contributed by atoms with van der Waals surface area (Å²) in [6.45, 7) is 2.45. The molecule has 0 spiro atoms. The number of amides is 2. The summed E-state index contributed by atoms with van der Waals surface area (Å²) in [5, 5.41) is 4.72. The number of hydrogen-bond donors (Lipinski definition) is 2. The van der Waals surface area contributed by atoms with Crippen molar-refractivity contribution in [2.45, 2.75) is 19.4 Å². The Labute approximate surface area is 196 Å². The van der Waals surface area contributed by atoms with Crippen LogP contribution in [0.5, 0.6) is 5.75 Å². The number of urea groups is 1. The molecule has 1 aliphatic rings. The van der Waals surface area contributed by atoms with E-state index in [-0.39, 0.29) is 11.8 Å². The highest BCUT2D eigenvalue weighted by atomic mass is 35.5. The van der Waals surface area contributed by atoms with Crippen molar-refractivity contribution in [2.24, 2.45) is 0 Å². The monoisotopic (exact) mass is 463 g/mol. The minimum absolute atomic E-state index is 0.254. The van der Waals surface area contributed by atoms with Gasteiger partial charge in [0, 0.05) is 28.2 Å². The molecule has 33 heavy (non-hydrogen) atoms. The molecule has 0 radical (unpaired) electrons. The van der Waals surface area contributed by atoms with Gasteiger partial charge in [0.25, 0.3) is 0 Å². The molecule has 1 atom stereocenters. The number of carbonyl (C=O) groups is 1. The average molecular weight is 464 g/mol. The van der Waals surface area contributed by atoms with Crippen LogP contribution in [-0.4, -0.2) is 29.6 Å². The van der Waals surface area contributed by atoms with Gasteiger partial charge < -0.3 is 19.9 Å². The molecule has 5 rings (SSSR count). The van der Waals surface area contributed by atoms with Gasteiger partial charge in [0.05, 0.1) is 18.8 Å². The van der Waals surface area contributed by atoms with E-state index in [1.54, 1.807) is 24.1 Å². The van der Waals surface area contributed by atoms with E-state index < -0.39 is 6.04 Å². The van der Waals surface area contributed by atoms with E-state index in [4.69, 9.17) is 16.3 Å². The maximum absolute atomic E-state index is 13.7. The summed E-state index contributed by atoms with van der Waals surface area (Å²) in [6.07, 6.45) is 0.672. The number of fused-ring (bicyclic) bond motifs is 3. The van der Waals surface area contributed by atoms with Gasteiger partial charge in [-0.05, 0) is 72.5 Å². The molecule has 168 valence electrons. The number of aromatic amines is 1. The highest BCUT2D eigenvalue weighted by Gasteiger charge is 2.35. The molecule has 0 aliphatic carbocycles. The normalized spacial score (nSPS) is 15.4. The second-order valence-electron chi connectivity index (χ2n) is 8.24. The minimum atomic E-state index is -0.406. The number of aryl methyl sites for hydroxylation is 1. The number of rotatable bonds is 3. The molecule has 5 nitrogen and oxygen atoms in total. The molecular weight excluding hydrogens is 441 g/mol. The second kappa shape index (κ2) is 8.45. The quantitative estimate of drug-likeness (QED) is 0.366. The fourth-order valence-corrected chi connectivity index (χ4v) is 4.75. The molecule has 1 aromatic heterocycles. The van der Waals surface area contributed by atoms with Gasteiger partial charge in [-0.2, -0.15) is 0 Å². The van der Waals surface area contributed by atoms with Gasteiger partial charge in [0.15, 0.2) is 0 Å². The third kappa shape index (κ3) is 3.91. The number of nitrogens with zero attached hydrogens (tertiary/aromatic N) is 1. The summed E-state index contributed by atoms with van der Waals surface area (Å²) >= 11 is 6.26. The third-order valence-electron chi connectivity index (χ3n) is 6.13. The van der Waals surface area contributed by atoms with Crippen LogP contribution < -0.4 is 10.1 Å². The van der Waals surface area contributed by atoms with E-state index in [0.717, 1.165) is 33.3 Å². The molecular formula is C26H23ClFN3O2. The highest BCUT2D eigenvalue weighted by molar-refractivity contribution is 6.31. The number of ether oxygens (including phenoxy) is 1. The fraction of sp³-hybridized carbons (Fsp3) is 0.192. The van der Waals surface area contributed by atoms with Crippen LogP contribution in [0.3, 0.4) is 0 Å². The number of halogens is 2. The molecule has 0 fully saturated rings. The maximum atomic E-state index is 13.7. The van der Waals surface area contributed by atoms with Crippen molar-refractivity contribution >= 4 is 34.2 Å². The molecule has 2 heterocycles. The summed E-state index contributed by atoms with van der Waals surface area (Å²) in [5.41, 5.74) is 5.43. The second-order valence-corrected chi connectivity index (χ2v) is 8.67. The van der Waals surface area contributed by atoms with Gasteiger partial charge in [-0.15, -0.1) is 0 Å². The van der Waals surface area contributed by atoms with Crippen LogP contribution in [0.2, 0.25) is 5.02 Å². The zero-order valence-corrected chi connectivity index (χ0v) is 19.0. The number of nitrogens with one attached hydrogen (secondary N) is 2. The summed E-state index contributed by atoms with van der Waals surface area (Å²) < 4.78 is 19.1. The lowest BCUT2D eigenvalue weighted by Crippen LogP contribution is -2.43. The van der Waals surface area contributed by atoms with E-state index in [0.29, 0.717) is 29.4 Å². The van der Waals surface area contributed by atoms with Crippen molar-refractivity contribution in [3.05, 3.63) is 93.9 Å². The van der Waals surface area contributed by atoms with Gasteiger partial charge in [0.2, 0.25) is 0 Å². The number of anilines is 1. The minimum Gasteiger partial charge on any atom is -0.495 e. The standard InChI is InChI=1S/C26H23ClFN3O2/c1-15-3-10-23(33-2)22(13-15)30-26(32)31-12-11-19-20-14-17(27)6-9-21(20)29-24(19)25(31)16-4-7-18(28)8-5-16/h3-10,13-14,25,29H,11-12H2,1-2H3,(H,30,32). The van der Waals surface area contributed by atoms with Crippen LogP contribution >= 0.6 is 11.6 Å². The topological polar surface area (TPSA) is 57.4 Å². The summed E-state index contributed by atoms with van der Waals surface area (Å²) in [4.78, 5) is 18.8. The van der Waals surface area contributed by atoms with Crippen LogP contribution in [0.25, 0.3) is 10.9 Å². The Hall–Kier alpha value is -3.51. The lowest BCUT2D eigenvalue weighted by atomic mass is 9.92. The first-order valence-corrected chi connectivity index (χ1v) is 11.1. The smallest absolute Gasteiger partial charge is 0.322 e. The van der Waals surface area contributed by atoms with Gasteiger partial charge >= 0.3 is 6.03 Å². The van der Waals surface area contributed by atoms with Crippen molar-refractivity contribution in [1.29, 1.82) is 0 Å². The maximum Gasteiger partial charge on any atom is 0.322 e. The third-order valence-corrected chi connectivity index (χ3v) is 6.37. The fourth-order valence-electron chi connectivity index (χ4n) is 4.58. The van der Waals surface area contributed by atoms with E-state index in [1.807, 2.05) is 43.3 Å². The predicted octanol–water partition coefficient (Wildman–Crippen LogP) is 6.46. The molecule has 0 saturated heterocycles. The molecule has 0 saturated carbocycles. The molecule has 0 bridgehead atoms. The summed E-state index contributed by atoms with van der Waals surface area (Å²) in [5.74, 6) is 0.268. The van der Waals surface area contributed by atoms with E-state index in [2.05, 4.69) is 10.3 Å². The highest BCUT2D eigenvalue weighted by Crippen LogP contribution is 2.39. The van der Waals surface area contributed by atoms with Crippen molar-refractivity contribution in [1.82, 2.24) is 9.88 Å². The Morgan fingerprint density at radius 1 is 1.15 bits per heavy atom. The van der Waals surface area contributed by atoms with E-state index in [9.17, 15) is 9.18 Å². The Morgan fingerprint density at radius 2 is 1.94 bits per heavy atom. The largest absolute Gasteiger partial charge is 0.495 e. The zero-order valence-electron chi connectivity index (χ0n) is 18.3. The Kier molecular flexibility index (Phi) is 5.46. The SMILES string of the molecule is COc1ccc(C)cc1NC(=O)N1CCc2c([nH]c3ccc(Cl)cc23)C1c1ccc(F)cc1. The lowest BCUT2D eigenvalue weighted by molar-refractivity contribution is 0.193. The molecule has 4 aromatic rings. The molecule has 2 amide bonds. The van der Waals surface area contributed by atoms with Gasteiger partial charge in [-0.1, -0.05) is 29.8 Å². The van der Waals surface area contributed by atoms with Crippen molar-refractivity contribution in [2.75, 3.05) is 19.0 Å². The number of hydrogen-bond acceptors (Lipinski definition) is 2. The van der Waals surface area contributed by atoms with E-state index >= 15 is 0 Å². The van der Waals surface area contributed by atoms with E-state index in [1.165, 1.54) is 12.1 Å². The molecule has 7 heteroatoms. The number of aromatic nitrogens is 1. The molecule has 1 unspecified atom stereocenters. The first-order chi connectivity index (χ1) is 15.9. The van der Waals surface area contributed by atoms with Crippen LogP contribution in [0.1, 0.15) is 28.4 Å². The van der Waals surface area contributed by atoms with Crippen molar-refractivity contribution in [3.63, 3.8) is 0 Å².